The number of rotatable bonds is 7. The number of hydrogen-bond acceptors (Lipinski definition) is 2. The van der Waals surface area contributed by atoms with Crippen LogP contribution in [-0.4, -0.2) is 27.3 Å². The average Bonchev–Trinajstić information content (AvgIpc) is 2.29. The molecule has 1 aromatic rings. The molecule has 0 aliphatic rings. The number of hydrogen-bond donors (Lipinski definition) is 1. The molecule has 0 saturated heterocycles. The monoisotopic (exact) mass is 241 g/mol. The minimum Gasteiger partial charge on any atom is -0.385 e. The minimum absolute atomic E-state index is 0.574. The van der Waals surface area contributed by atoms with Gasteiger partial charge < -0.3 is 10.1 Å². The quantitative estimate of drug-likeness (QED) is 0.793. The van der Waals surface area contributed by atoms with Gasteiger partial charge in [-0.25, -0.2) is 0 Å². The van der Waals surface area contributed by atoms with Crippen molar-refractivity contribution in [3.8, 4) is 0 Å². The van der Waals surface area contributed by atoms with Crippen molar-refractivity contribution < 1.29 is 4.74 Å². The molecule has 16 heavy (non-hydrogen) atoms. The first-order valence-corrected chi connectivity index (χ1v) is 6.02. The first kappa shape index (κ1) is 13.5. The molecular weight excluding hydrogens is 222 g/mol. The molecule has 1 N–H and O–H groups in total. The fourth-order valence-corrected chi connectivity index (χ4v) is 2.04. The summed E-state index contributed by atoms with van der Waals surface area (Å²) in [5, 5.41) is 4.08. The van der Waals surface area contributed by atoms with Crippen molar-refractivity contribution in [1.29, 1.82) is 0 Å². The van der Waals surface area contributed by atoms with Gasteiger partial charge in [-0.3, -0.25) is 0 Å². The molecule has 1 aromatic carbocycles. The normalized spacial score (nSPS) is 12.7. The molecule has 90 valence electrons. The lowest BCUT2D eigenvalue weighted by molar-refractivity contribution is 0.176. The number of halogens is 1. The van der Waals surface area contributed by atoms with Crippen LogP contribution in [0.5, 0.6) is 0 Å². The summed E-state index contributed by atoms with van der Waals surface area (Å²) >= 11 is 6.15. The lowest BCUT2D eigenvalue weighted by Gasteiger charge is -2.16. The summed E-state index contributed by atoms with van der Waals surface area (Å²) in [5.74, 6) is 0.574. The maximum atomic E-state index is 6.15. The van der Waals surface area contributed by atoms with Gasteiger partial charge in [0.25, 0.3) is 0 Å². The molecule has 3 heteroatoms. The van der Waals surface area contributed by atoms with E-state index in [1.165, 1.54) is 5.56 Å². The van der Waals surface area contributed by atoms with Crippen LogP contribution in [0.1, 0.15) is 12.0 Å². The number of ether oxygens (including phenoxy) is 1. The zero-order valence-corrected chi connectivity index (χ0v) is 10.8. The van der Waals surface area contributed by atoms with Crippen LogP contribution in [0.15, 0.2) is 24.3 Å². The largest absolute Gasteiger partial charge is 0.385 e. The maximum absolute atomic E-state index is 6.15. The lowest BCUT2D eigenvalue weighted by atomic mass is 9.96. The van der Waals surface area contributed by atoms with Crippen LogP contribution in [0, 0.1) is 5.92 Å². The van der Waals surface area contributed by atoms with E-state index in [9.17, 15) is 0 Å². The van der Waals surface area contributed by atoms with E-state index < -0.39 is 0 Å². The Morgan fingerprint density at radius 3 is 2.75 bits per heavy atom. The molecule has 2 nitrogen and oxygen atoms in total. The van der Waals surface area contributed by atoms with E-state index in [1.807, 2.05) is 25.2 Å². The third-order valence-electron chi connectivity index (χ3n) is 2.69. The van der Waals surface area contributed by atoms with Crippen LogP contribution in [0.3, 0.4) is 0 Å². The highest BCUT2D eigenvalue weighted by molar-refractivity contribution is 6.31. The van der Waals surface area contributed by atoms with Gasteiger partial charge in [0.2, 0.25) is 0 Å². The molecule has 0 spiro atoms. The predicted octanol–water partition coefficient (Wildman–Crippen LogP) is 2.75. The maximum Gasteiger partial charge on any atom is 0.0465 e. The summed E-state index contributed by atoms with van der Waals surface area (Å²) in [6.07, 6.45) is 2.06. The summed E-state index contributed by atoms with van der Waals surface area (Å²) in [5.41, 5.74) is 1.22. The van der Waals surface area contributed by atoms with Crippen LogP contribution in [0.4, 0.5) is 0 Å². The zero-order chi connectivity index (χ0) is 11.8. The molecule has 1 rings (SSSR count). The van der Waals surface area contributed by atoms with Crippen molar-refractivity contribution in [2.45, 2.75) is 12.8 Å². The van der Waals surface area contributed by atoms with Gasteiger partial charge in [-0.1, -0.05) is 29.8 Å². The van der Waals surface area contributed by atoms with E-state index in [4.69, 9.17) is 16.3 Å². The summed E-state index contributed by atoms with van der Waals surface area (Å²) in [4.78, 5) is 0. The molecule has 0 aliphatic heterocycles. The highest BCUT2D eigenvalue weighted by Crippen LogP contribution is 2.20. The molecule has 0 bridgehead atoms. The molecule has 0 aromatic heterocycles. The standard InChI is InChI=1S/C13H20ClNO/c1-15-10-11(7-8-16-2)9-12-5-3-4-6-13(12)14/h3-6,11,15H,7-10H2,1-2H3. The fraction of sp³-hybridized carbons (Fsp3) is 0.538. The summed E-state index contributed by atoms with van der Waals surface area (Å²) in [6, 6.07) is 8.05. The van der Waals surface area contributed by atoms with E-state index in [1.54, 1.807) is 7.11 Å². The first-order chi connectivity index (χ1) is 7.77. The van der Waals surface area contributed by atoms with Gasteiger partial charge in [0.15, 0.2) is 0 Å². The SMILES string of the molecule is CNCC(CCOC)Cc1ccccc1Cl. The van der Waals surface area contributed by atoms with Gasteiger partial charge in [-0.05, 0) is 44.0 Å². The molecule has 0 fully saturated rings. The Balaban J connectivity index is 2.56. The van der Waals surface area contributed by atoms with E-state index in [-0.39, 0.29) is 0 Å². The van der Waals surface area contributed by atoms with Crippen molar-refractivity contribution in [3.05, 3.63) is 34.9 Å². The van der Waals surface area contributed by atoms with Gasteiger partial charge >= 0.3 is 0 Å². The topological polar surface area (TPSA) is 21.3 Å². The molecule has 1 atom stereocenters. The van der Waals surface area contributed by atoms with Crippen molar-refractivity contribution in [2.75, 3.05) is 27.3 Å². The number of nitrogens with one attached hydrogen (secondary N) is 1. The van der Waals surface area contributed by atoms with Gasteiger partial charge in [-0.2, -0.15) is 0 Å². The van der Waals surface area contributed by atoms with E-state index in [2.05, 4.69) is 11.4 Å². The Hall–Kier alpha value is -0.570. The lowest BCUT2D eigenvalue weighted by Crippen LogP contribution is -2.22. The van der Waals surface area contributed by atoms with Crippen molar-refractivity contribution in [3.63, 3.8) is 0 Å². The molecule has 0 amide bonds. The van der Waals surface area contributed by atoms with Gasteiger partial charge in [0, 0.05) is 18.7 Å². The third kappa shape index (κ3) is 4.52. The second kappa shape index (κ2) is 7.66. The van der Waals surface area contributed by atoms with E-state index in [0.29, 0.717) is 5.92 Å². The molecule has 0 aliphatic carbocycles. The Bertz CT molecular complexity index is 304. The van der Waals surface area contributed by atoms with Gasteiger partial charge in [0.1, 0.15) is 0 Å². The molecule has 0 radical (unpaired) electrons. The van der Waals surface area contributed by atoms with Gasteiger partial charge in [0.05, 0.1) is 0 Å². The second-order valence-corrected chi connectivity index (χ2v) is 4.41. The average molecular weight is 242 g/mol. The van der Waals surface area contributed by atoms with Crippen LogP contribution in [-0.2, 0) is 11.2 Å². The van der Waals surface area contributed by atoms with Crippen LogP contribution in [0.25, 0.3) is 0 Å². The van der Waals surface area contributed by atoms with Crippen LogP contribution >= 0.6 is 11.6 Å². The molecule has 0 saturated carbocycles. The highest BCUT2D eigenvalue weighted by Gasteiger charge is 2.10. The number of methoxy groups -OCH3 is 1. The first-order valence-electron chi connectivity index (χ1n) is 5.65. The van der Waals surface area contributed by atoms with Crippen LogP contribution < -0.4 is 5.32 Å². The predicted molar refractivity (Wildman–Crippen MR) is 69.1 cm³/mol. The summed E-state index contributed by atoms with van der Waals surface area (Å²) in [6.45, 7) is 1.80. The molecular formula is C13H20ClNO. The Kier molecular flexibility index (Phi) is 6.46. The Labute approximate surface area is 103 Å². The van der Waals surface area contributed by atoms with Gasteiger partial charge in [-0.15, -0.1) is 0 Å². The zero-order valence-electron chi connectivity index (χ0n) is 10.0. The number of benzene rings is 1. The summed E-state index contributed by atoms with van der Waals surface area (Å²) < 4.78 is 5.13. The fourth-order valence-electron chi connectivity index (χ4n) is 1.82. The minimum atomic E-state index is 0.574. The van der Waals surface area contributed by atoms with Crippen molar-refractivity contribution in [1.82, 2.24) is 5.32 Å². The van der Waals surface area contributed by atoms with Crippen LogP contribution in [0.2, 0.25) is 5.02 Å². The van der Waals surface area contributed by atoms with Crippen molar-refractivity contribution in [2.24, 2.45) is 5.92 Å². The van der Waals surface area contributed by atoms with Crippen molar-refractivity contribution >= 4 is 11.6 Å². The molecule has 0 heterocycles. The smallest absolute Gasteiger partial charge is 0.0465 e. The summed E-state index contributed by atoms with van der Waals surface area (Å²) in [7, 11) is 3.72. The Morgan fingerprint density at radius 2 is 2.12 bits per heavy atom. The Morgan fingerprint density at radius 1 is 1.38 bits per heavy atom. The third-order valence-corrected chi connectivity index (χ3v) is 3.06. The van der Waals surface area contributed by atoms with E-state index in [0.717, 1.165) is 31.0 Å². The second-order valence-electron chi connectivity index (χ2n) is 4.00. The molecule has 1 unspecified atom stereocenters. The highest BCUT2D eigenvalue weighted by atomic mass is 35.5. The van der Waals surface area contributed by atoms with E-state index >= 15 is 0 Å².